The second-order valence-electron chi connectivity index (χ2n) is 2.85. The van der Waals surface area contributed by atoms with Gasteiger partial charge in [-0.25, -0.2) is 4.98 Å². The number of nitrogens with zero attached hydrogens (tertiary/aromatic N) is 2. The van der Waals surface area contributed by atoms with Crippen molar-refractivity contribution in [3.05, 3.63) is 12.0 Å². The molecule has 78 valence electrons. The molecule has 0 atom stereocenters. The van der Waals surface area contributed by atoms with Crippen LogP contribution in [0.5, 0.6) is 0 Å². The third-order valence-corrected chi connectivity index (χ3v) is 1.90. The van der Waals surface area contributed by atoms with Gasteiger partial charge in [-0.15, -0.1) is 0 Å². The van der Waals surface area contributed by atoms with E-state index in [2.05, 4.69) is 4.98 Å². The predicted molar refractivity (Wildman–Crippen MR) is 51.4 cm³/mol. The number of carboxylic acid groups (broad SMARTS) is 1. The van der Waals surface area contributed by atoms with Gasteiger partial charge in [-0.05, 0) is 13.8 Å². The highest BCUT2D eigenvalue weighted by Crippen LogP contribution is 2.14. The zero-order valence-electron chi connectivity index (χ0n) is 8.36. The fourth-order valence-corrected chi connectivity index (χ4v) is 1.17. The number of oxazole rings is 1. The molecule has 0 aliphatic heterocycles. The fourth-order valence-electron chi connectivity index (χ4n) is 1.17. The molecule has 0 aliphatic rings. The third-order valence-electron chi connectivity index (χ3n) is 1.90. The topological polar surface area (TPSA) is 66.6 Å². The van der Waals surface area contributed by atoms with Crippen molar-refractivity contribution in [3.8, 4) is 0 Å². The summed E-state index contributed by atoms with van der Waals surface area (Å²) in [7, 11) is 0. The average molecular weight is 198 g/mol. The Morgan fingerprint density at radius 1 is 1.57 bits per heavy atom. The summed E-state index contributed by atoms with van der Waals surface area (Å²) in [6.45, 7) is 5.57. The van der Waals surface area contributed by atoms with Gasteiger partial charge in [0, 0.05) is 13.1 Å². The van der Waals surface area contributed by atoms with Crippen molar-refractivity contribution in [2.75, 3.05) is 18.0 Å². The van der Waals surface area contributed by atoms with E-state index in [4.69, 9.17) is 9.52 Å². The molecule has 0 saturated carbocycles. The molecule has 1 aromatic heterocycles. The molecule has 1 rings (SSSR count). The maximum Gasteiger partial charge on any atom is 0.311 e. The Morgan fingerprint density at radius 2 is 2.21 bits per heavy atom. The standard InChI is InChI=1S/C9H14N2O3/c1-3-11(4-2)9-10-6-7(14-9)5-8(12)13/h6H,3-5H2,1-2H3,(H,12,13). The molecule has 0 spiro atoms. The van der Waals surface area contributed by atoms with E-state index in [9.17, 15) is 4.79 Å². The van der Waals surface area contributed by atoms with Crippen LogP contribution < -0.4 is 4.90 Å². The van der Waals surface area contributed by atoms with Crippen molar-refractivity contribution in [3.63, 3.8) is 0 Å². The SMILES string of the molecule is CCN(CC)c1ncc(CC(=O)O)o1. The molecule has 1 heterocycles. The van der Waals surface area contributed by atoms with E-state index in [1.807, 2.05) is 18.7 Å². The van der Waals surface area contributed by atoms with Crippen molar-refractivity contribution in [2.24, 2.45) is 0 Å². The Kier molecular flexibility index (Phi) is 3.50. The van der Waals surface area contributed by atoms with Crippen molar-refractivity contribution >= 4 is 12.0 Å². The number of aliphatic carboxylic acids is 1. The normalized spacial score (nSPS) is 10.1. The van der Waals surface area contributed by atoms with Crippen LogP contribution in [0.15, 0.2) is 10.6 Å². The Balaban J connectivity index is 2.71. The van der Waals surface area contributed by atoms with Crippen molar-refractivity contribution < 1.29 is 14.3 Å². The molecule has 0 unspecified atom stereocenters. The molecule has 0 saturated heterocycles. The van der Waals surface area contributed by atoms with Crippen LogP contribution in [0.1, 0.15) is 19.6 Å². The van der Waals surface area contributed by atoms with E-state index in [-0.39, 0.29) is 6.42 Å². The average Bonchev–Trinajstić information content (AvgIpc) is 2.54. The number of hydrogen-bond acceptors (Lipinski definition) is 4. The first-order valence-corrected chi connectivity index (χ1v) is 4.58. The van der Waals surface area contributed by atoms with Gasteiger partial charge in [-0.2, -0.15) is 0 Å². The summed E-state index contributed by atoms with van der Waals surface area (Å²) >= 11 is 0. The Morgan fingerprint density at radius 3 is 2.71 bits per heavy atom. The molecule has 1 aromatic rings. The van der Waals surface area contributed by atoms with Crippen LogP contribution in [0.2, 0.25) is 0 Å². The monoisotopic (exact) mass is 198 g/mol. The van der Waals surface area contributed by atoms with Crippen LogP contribution in [0.3, 0.4) is 0 Å². The second kappa shape index (κ2) is 4.64. The predicted octanol–water partition coefficient (Wildman–Crippen LogP) is 1.15. The van der Waals surface area contributed by atoms with E-state index in [1.165, 1.54) is 6.20 Å². The summed E-state index contributed by atoms with van der Waals surface area (Å²) in [5.41, 5.74) is 0. The molecule has 5 heteroatoms. The minimum atomic E-state index is -0.910. The molecule has 0 amide bonds. The lowest BCUT2D eigenvalue weighted by Crippen LogP contribution is -2.21. The van der Waals surface area contributed by atoms with Crippen LogP contribution in [-0.2, 0) is 11.2 Å². The summed E-state index contributed by atoms with van der Waals surface area (Å²) < 4.78 is 5.27. The summed E-state index contributed by atoms with van der Waals surface area (Å²) in [5.74, 6) is -0.522. The van der Waals surface area contributed by atoms with Crippen molar-refractivity contribution in [2.45, 2.75) is 20.3 Å². The largest absolute Gasteiger partial charge is 0.481 e. The number of aromatic nitrogens is 1. The van der Waals surface area contributed by atoms with Crippen molar-refractivity contribution in [1.29, 1.82) is 0 Å². The molecule has 0 aliphatic carbocycles. The van der Waals surface area contributed by atoms with E-state index >= 15 is 0 Å². The number of hydrogen-bond donors (Lipinski definition) is 1. The van der Waals surface area contributed by atoms with Crippen LogP contribution in [0.4, 0.5) is 6.01 Å². The van der Waals surface area contributed by atoms with E-state index in [1.54, 1.807) is 0 Å². The van der Waals surface area contributed by atoms with Crippen LogP contribution in [0.25, 0.3) is 0 Å². The van der Waals surface area contributed by atoms with E-state index in [0.29, 0.717) is 11.8 Å². The highest BCUT2D eigenvalue weighted by molar-refractivity contribution is 5.69. The summed E-state index contributed by atoms with van der Waals surface area (Å²) in [6, 6.07) is 0.492. The molecular formula is C9H14N2O3. The van der Waals surface area contributed by atoms with Crippen LogP contribution in [-0.4, -0.2) is 29.1 Å². The summed E-state index contributed by atoms with van der Waals surface area (Å²) in [4.78, 5) is 16.3. The highest BCUT2D eigenvalue weighted by Gasteiger charge is 2.11. The second-order valence-corrected chi connectivity index (χ2v) is 2.85. The van der Waals surface area contributed by atoms with Gasteiger partial charge in [0.1, 0.15) is 12.2 Å². The molecule has 0 aromatic carbocycles. The molecule has 5 nitrogen and oxygen atoms in total. The van der Waals surface area contributed by atoms with Gasteiger partial charge >= 0.3 is 5.97 Å². The first kappa shape index (κ1) is 10.6. The lowest BCUT2D eigenvalue weighted by Gasteiger charge is -2.14. The van der Waals surface area contributed by atoms with Crippen molar-refractivity contribution in [1.82, 2.24) is 4.98 Å². The minimum Gasteiger partial charge on any atom is -0.481 e. The van der Waals surface area contributed by atoms with E-state index in [0.717, 1.165) is 13.1 Å². The highest BCUT2D eigenvalue weighted by atomic mass is 16.4. The summed E-state index contributed by atoms with van der Waals surface area (Å²) in [6.07, 6.45) is 1.34. The molecule has 0 bridgehead atoms. The molecule has 0 fully saturated rings. The Bertz CT molecular complexity index is 305. The molecule has 1 N–H and O–H groups in total. The maximum atomic E-state index is 10.4. The molecule has 0 radical (unpaired) electrons. The Labute approximate surface area is 82.4 Å². The lowest BCUT2D eigenvalue weighted by atomic mass is 10.4. The van der Waals surface area contributed by atoms with Gasteiger partial charge in [0.05, 0.1) is 6.20 Å². The van der Waals surface area contributed by atoms with E-state index < -0.39 is 5.97 Å². The van der Waals surface area contributed by atoms with Gasteiger partial charge < -0.3 is 14.4 Å². The number of anilines is 1. The van der Waals surface area contributed by atoms with Gasteiger partial charge in [-0.1, -0.05) is 0 Å². The number of rotatable bonds is 5. The first-order valence-electron chi connectivity index (χ1n) is 4.58. The number of carboxylic acids is 1. The first-order chi connectivity index (χ1) is 6.67. The number of carbonyl (C=O) groups is 1. The van der Waals surface area contributed by atoms with Crippen LogP contribution in [0, 0.1) is 0 Å². The zero-order valence-corrected chi connectivity index (χ0v) is 8.36. The minimum absolute atomic E-state index is 0.117. The quantitative estimate of drug-likeness (QED) is 0.768. The lowest BCUT2D eigenvalue weighted by molar-refractivity contribution is -0.136. The van der Waals surface area contributed by atoms with Crippen LogP contribution >= 0.6 is 0 Å². The Hall–Kier alpha value is -1.52. The molecule has 14 heavy (non-hydrogen) atoms. The van der Waals surface area contributed by atoms with Gasteiger partial charge in [0.15, 0.2) is 0 Å². The zero-order chi connectivity index (χ0) is 10.6. The molecular weight excluding hydrogens is 184 g/mol. The van der Waals surface area contributed by atoms with Gasteiger partial charge in [0.2, 0.25) is 0 Å². The maximum absolute atomic E-state index is 10.4. The smallest absolute Gasteiger partial charge is 0.311 e. The third kappa shape index (κ3) is 2.48. The summed E-state index contributed by atoms with van der Waals surface area (Å²) in [5, 5.41) is 8.53. The van der Waals surface area contributed by atoms with Gasteiger partial charge in [0.25, 0.3) is 6.01 Å². The van der Waals surface area contributed by atoms with Gasteiger partial charge in [-0.3, -0.25) is 4.79 Å². The fraction of sp³-hybridized carbons (Fsp3) is 0.556.